The molecular weight excluding hydrogens is 353 g/mol. The molecule has 3 rings (SSSR count). The summed E-state index contributed by atoms with van der Waals surface area (Å²) in [6.07, 6.45) is -0.205. The molecule has 1 unspecified atom stereocenters. The molecule has 1 fully saturated rings. The van der Waals surface area contributed by atoms with Gasteiger partial charge < -0.3 is 14.4 Å². The molecule has 0 radical (unpaired) electrons. The number of amides is 1. The van der Waals surface area contributed by atoms with Crippen LogP contribution in [0.15, 0.2) is 53.4 Å². The van der Waals surface area contributed by atoms with Gasteiger partial charge in [-0.2, -0.15) is 0 Å². The molecule has 1 saturated heterocycles. The Hall–Kier alpha value is -2.05. The highest BCUT2D eigenvalue weighted by molar-refractivity contribution is 8.00. The van der Waals surface area contributed by atoms with Crippen molar-refractivity contribution in [1.82, 2.24) is 4.90 Å². The number of carbonyl (C=O) groups is 1. The van der Waals surface area contributed by atoms with E-state index in [4.69, 9.17) is 9.47 Å². The molecule has 2 aromatic carbocycles. The van der Waals surface area contributed by atoms with Gasteiger partial charge in [-0.25, -0.2) is 4.39 Å². The first kappa shape index (κ1) is 18.7. The van der Waals surface area contributed by atoms with Crippen molar-refractivity contribution in [2.75, 3.05) is 32.1 Å². The van der Waals surface area contributed by atoms with Gasteiger partial charge >= 0.3 is 0 Å². The van der Waals surface area contributed by atoms with E-state index >= 15 is 0 Å². The maximum atomic E-state index is 13.1. The fourth-order valence-electron chi connectivity index (χ4n) is 2.79. The molecule has 1 atom stereocenters. The van der Waals surface area contributed by atoms with Crippen LogP contribution in [0.1, 0.15) is 18.6 Å². The fourth-order valence-corrected chi connectivity index (χ4v) is 3.59. The summed E-state index contributed by atoms with van der Waals surface area (Å²) < 4.78 is 24.2. The predicted molar refractivity (Wildman–Crippen MR) is 100 cm³/mol. The van der Waals surface area contributed by atoms with Gasteiger partial charge in [-0.1, -0.05) is 12.1 Å². The molecule has 1 heterocycles. The lowest BCUT2D eigenvalue weighted by Gasteiger charge is -2.33. The van der Waals surface area contributed by atoms with Crippen LogP contribution >= 0.6 is 11.8 Å². The van der Waals surface area contributed by atoms with Gasteiger partial charge in [-0.05, 0) is 48.9 Å². The van der Waals surface area contributed by atoms with Gasteiger partial charge in [-0.3, -0.25) is 4.79 Å². The molecular formula is C20H22FNO3S. The second-order valence-electron chi connectivity index (χ2n) is 5.94. The Labute approximate surface area is 157 Å². The van der Waals surface area contributed by atoms with E-state index in [1.807, 2.05) is 36.1 Å². The first-order chi connectivity index (χ1) is 12.7. The molecule has 138 valence electrons. The third-order valence-electron chi connectivity index (χ3n) is 4.16. The summed E-state index contributed by atoms with van der Waals surface area (Å²) in [7, 11) is 0. The summed E-state index contributed by atoms with van der Waals surface area (Å²) in [5.41, 5.74) is 0.892. The molecule has 0 N–H and O–H groups in total. The van der Waals surface area contributed by atoms with Crippen LogP contribution in [-0.2, 0) is 9.53 Å². The minimum Gasteiger partial charge on any atom is -0.494 e. The highest BCUT2D eigenvalue weighted by atomic mass is 32.2. The van der Waals surface area contributed by atoms with Crippen molar-refractivity contribution >= 4 is 17.7 Å². The number of carbonyl (C=O) groups excluding carboxylic acids is 1. The van der Waals surface area contributed by atoms with Gasteiger partial charge in [-0.15, -0.1) is 11.8 Å². The second-order valence-corrected chi connectivity index (χ2v) is 6.99. The van der Waals surface area contributed by atoms with Crippen molar-refractivity contribution in [3.05, 3.63) is 59.9 Å². The molecule has 0 aliphatic carbocycles. The Morgan fingerprint density at radius 1 is 1.23 bits per heavy atom. The average Bonchev–Trinajstić information content (AvgIpc) is 2.68. The van der Waals surface area contributed by atoms with Gasteiger partial charge in [0.2, 0.25) is 5.91 Å². The van der Waals surface area contributed by atoms with Gasteiger partial charge in [0.05, 0.1) is 25.5 Å². The van der Waals surface area contributed by atoms with Crippen LogP contribution in [0.3, 0.4) is 0 Å². The number of ether oxygens (including phenoxy) is 2. The van der Waals surface area contributed by atoms with Crippen molar-refractivity contribution < 1.29 is 18.7 Å². The topological polar surface area (TPSA) is 38.8 Å². The summed E-state index contributed by atoms with van der Waals surface area (Å²) in [6.45, 7) is 4.15. The van der Waals surface area contributed by atoms with E-state index in [-0.39, 0.29) is 17.8 Å². The van der Waals surface area contributed by atoms with Gasteiger partial charge in [0, 0.05) is 11.4 Å². The van der Waals surface area contributed by atoms with Crippen LogP contribution in [0, 0.1) is 5.82 Å². The third-order valence-corrected chi connectivity index (χ3v) is 5.15. The number of benzene rings is 2. The van der Waals surface area contributed by atoms with Gasteiger partial charge in [0.15, 0.2) is 0 Å². The SMILES string of the molecule is CCOc1ccc(SCC(=O)N2CCOC(c3ccc(F)cc3)C2)cc1. The largest absolute Gasteiger partial charge is 0.494 e. The van der Waals surface area contributed by atoms with E-state index < -0.39 is 0 Å². The normalized spacial score (nSPS) is 17.2. The van der Waals surface area contributed by atoms with Crippen LogP contribution in [-0.4, -0.2) is 42.9 Å². The van der Waals surface area contributed by atoms with E-state index in [0.29, 0.717) is 32.1 Å². The monoisotopic (exact) mass is 375 g/mol. The van der Waals surface area contributed by atoms with Crippen LogP contribution in [0.5, 0.6) is 5.75 Å². The summed E-state index contributed by atoms with van der Waals surface area (Å²) in [4.78, 5) is 15.4. The van der Waals surface area contributed by atoms with E-state index in [1.165, 1.54) is 23.9 Å². The molecule has 6 heteroatoms. The lowest BCUT2D eigenvalue weighted by molar-refractivity contribution is -0.136. The van der Waals surface area contributed by atoms with E-state index in [0.717, 1.165) is 16.2 Å². The summed E-state index contributed by atoms with van der Waals surface area (Å²) in [5.74, 6) is 1.02. The Kier molecular flexibility index (Phi) is 6.52. The number of rotatable bonds is 6. The lowest BCUT2D eigenvalue weighted by Crippen LogP contribution is -2.43. The van der Waals surface area contributed by atoms with Crippen LogP contribution < -0.4 is 4.74 Å². The fraction of sp³-hybridized carbons (Fsp3) is 0.350. The number of morpholine rings is 1. The van der Waals surface area contributed by atoms with Crippen molar-refractivity contribution in [3.63, 3.8) is 0 Å². The van der Waals surface area contributed by atoms with Crippen LogP contribution in [0.2, 0.25) is 0 Å². The van der Waals surface area contributed by atoms with Crippen molar-refractivity contribution in [2.45, 2.75) is 17.9 Å². The van der Waals surface area contributed by atoms with Crippen molar-refractivity contribution in [2.24, 2.45) is 0 Å². The zero-order chi connectivity index (χ0) is 18.4. The smallest absolute Gasteiger partial charge is 0.233 e. The maximum absolute atomic E-state index is 13.1. The van der Waals surface area contributed by atoms with Crippen LogP contribution in [0.25, 0.3) is 0 Å². The Balaban J connectivity index is 1.53. The minimum absolute atomic E-state index is 0.0827. The van der Waals surface area contributed by atoms with Crippen LogP contribution in [0.4, 0.5) is 4.39 Å². The summed E-state index contributed by atoms with van der Waals surface area (Å²) in [5, 5.41) is 0. The highest BCUT2D eigenvalue weighted by Crippen LogP contribution is 2.25. The molecule has 1 amide bonds. The van der Waals surface area contributed by atoms with E-state index in [1.54, 1.807) is 12.1 Å². The van der Waals surface area contributed by atoms with E-state index in [2.05, 4.69) is 0 Å². The Morgan fingerprint density at radius 2 is 1.96 bits per heavy atom. The summed E-state index contributed by atoms with van der Waals surface area (Å²) >= 11 is 1.51. The molecule has 0 bridgehead atoms. The second kappa shape index (κ2) is 9.05. The molecule has 2 aromatic rings. The number of hydrogen-bond donors (Lipinski definition) is 0. The van der Waals surface area contributed by atoms with Crippen molar-refractivity contribution in [1.29, 1.82) is 0 Å². The highest BCUT2D eigenvalue weighted by Gasteiger charge is 2.25. The number of hydrogen-bond acceptors (Lipinski definition) is 4. The molecule has 0 saturated carbocycles. The Bertz CT molecular complexity index is 721. The van der Waals surface area contributed by atoms with Gasteiger partial charge in [0.25, 0.3) is 0 Å². The quantitative estimate of drug-likeness (QED) is 0.718. The zero-order valence-electron chi connectivity index (χ0n) is 14.7. The maximum Gasteiger partial charge on any atom is 0.233 e. The third kappa shape index (κ3) is 4.99. The lowest BCUT2D eigenvalue weighted by atomic mass is 10.1. The number of halogens is 1. The minimum atomic E-state index is -0.274. The zero-order valence-corrected chi connectivity index (χ0v) is 15.5. The number of thioether (sulfide) groups is 1. The molecule has 1 aliphatic rings. The van der Waals surface area contributed by atoms with Gasteiger partial charge in [0.1, 0.15) is 17.7 Å². The average molecular weight is 375 g/mol. The predicted octanol–water partition coefficient (Wildman–Crippen LogP) is 3.92. The molecule has 4 nitrogen and oxygen atoms in total. The van der Waals surface area contributed by atoms with Crippen molar-refractivity contribution in [3.8, 4) is 5.75 Å². The number of nitrogens with zero attached hydrogens (tertiary/aromatic N) is 1. The molecule has 26 heavy (non-hydrogen) atoms. The first-order valence-corrected chi connectivity index (χ1v) is 9.65. The molecule has 0 spiro atoms. The first-order valence-electron chi connectivity index (χ1n) is 8.66. The van der Waals surface area contributed by atoms with E-state index in [9.17, 15) is 9.18 Å². The Morgan fingerprint density at radius 3 is 2.65 bits per heavy atom. The standard InChI is InChI=1S/C20H22FNO3S/c1-2-24-17-7-9-18(10-8-17)26-14-20(23)22-11-12-25-19(13-22)15-3-5-16(21)6-4-15/h3-10,19H,2,11-14H2,1H3. The summed E-state index contributed by atoms with van der Waals surface area (Å²) in [6, 6.07) is 14.0. The molecule has 1 aliphatic heterocycles. The molecule has 0 aromatic heterocycles.